The van der Waals surface area contributed by atoms with E-state index in [0.29, 0.717) is 19.8 Å². The van der Waals surface area contributed by atoms with Gasteiger partial charge in [-0.3, -0.25) is 4.79 Å². The number of morpholine rings is 1. The van der Waals surface area contributed by atoms with Crippen molar-refractivity contribution in [2.45, 2.75) is 39.3 Å². The minimum Gasteiger partial charge on any atom is -0.377 e. The fraction of sp³-hybridized carbons (Fsp3) is 0.909. The van der Waals surface area contributed by atoms with Gasteiger partial charge in [-0.25, -0.2) is 0 Å². The zero-order valence-corrected chi connectivity index (χ0v) is 10.1. The minimum absolute atomic E-state index is 0.0562. The predicted octanol–water partition coefficient (Wildman–Crippen LogP) is 1.05. The molecule has 88 valence electrons. The molecule has 1 heterocycles. The van der Waals surface area contributed by atoms with Gasteiger partial charge in [-0.05, 0) is 27.7 Å². The maximum absolute atomic E-state index is 11.8. The average molecular weight is 215 g/mol. The molecule has 1 aliphatic heterocycles. The lowest BCUT2D eigenvalue weighted by Gasteiger charge is -2.34. The van der Waals surface area contributed by atoms with Crippen LogP contribution in [-0.4, -0.2) is 48.8 Å². The highest BCUT2D eigenvalue weighted by Crippen LogP contribution is 2.10. The summed E-state index contributed by atoms with van der Waals surface area (Å²) in [5.74, 6) is 0.0562. The molecule has 1 atom stereocenters. The van der Waals surface area contributed by atoms with Crippen molar-refractivity contribution in [1.82, 2.24) is 4.90 Å². The van der Waals surface area contributed by atoms with Gasteiger partial charge in [-0.1, -0.05) is 0 Å². The Morgan fingerprint density at radius 2 is 2.20 bits per heavy atom. The zero-order valence-electron chi connectivity index (χ0n) is 10.1. The molecule has 1 saturated heterocycles. The van der Waals surface area contributed by atoms with Crippen LogP contribution in [0, 0.1) is 0 Å². The fourth-order valence-corrected chi connectivity index (χ4v) is 1.46. The Labute approximate surface area is 91.5 Å². The van der Waals surface area contributed by atoms with Crippen LogP contribution in [0.5, 0.6) is 0 Å². The Balaban J connectivity index is 2.39. The molecule has 4 nitrogen and oxygen atoms in total. The fourth-order valence-electron chi connectivity index (χ4n) is 1.46. The van der Waals surface area contributed by atoms with Crippen molar-refractivity contribution in [2.75, 3.05) is 26.4 Å². The number of hydrogen-bond acceptors (Lipinski definition) is 3. The molecule has 0 aromatic carbocycles. The van der Waals surface area contributed by atoms with Gasteiger partial charge < -0.3 is 14.4 Å². The first-order valence-corrected chi connectivity index (χ1v) is 5.41. The number of amides is 1. The molecule has 0 aromatic heterocycles. The van der Waals surface area contributed by atoms with Gasteiger partial charge in [0.15, 0.2) is 0 Å². The summed E-state index contributed by atoms with van der Waals surface area (Å²) < 4.78 is 10.7. The van der Waals surface area contributed by atoms with Crippen molar-refractivity contribution < 1.29 is 14.3 Å². The van der Waals surface area contributed by atoms with Gasteiger partial charge in [-0.15, -0.1) is 0 Å². The van der Waals surface area contributed by atoms with Crippen LogP contribution >= 0.6 is 0 Å². The highest BCUT2D eigenvalue weighted by Gasteiger charge is 2.24. The lowest BCUT2D eigenvalue weighted by Crippen LogP contribution is -2.49. The summed E-state index contributed by atoms with van der Waals surface area (Å²) in [6, 6.07) is 0.162. The van der Waals surface area contributed by atoms with E-state index in [1.165, 1.54) is 0 Å². The first-order chi connectivity index (χ1) is 6.90. The quantitative estimate of drug-likeness (QED) is 0.691. The third kappa shape index (κ3) is 4.18. The topological polar surface area (TPSA) is 38.8 Å². The van der Waals surface area contributed by atoms with Crippen molar-refractivity contribution in [3.05, 3.63) is 0 Å². The second-order valence-corrected chi connectivity index (χ2v) is 4.91. The molecule has 0 radical (unpaired) electrons. The van der Waals surface area contributed by atoms with Crippen molar-refractivity contribution in [1.29, 1.82) is 0 Å². The summed E-state index contributed by atoms with van der Waals surface area (Å²) in [6.45, 7) is 9.93. The van der Waals surface area contributed by atoms with E-state index in [1.807, 2.05) is 32.6 Å². The molecule has 0 aliphatic carbocycles. The minimum atomic E-state index is -0.259. The molecule has 4 heteroatoms. The molecule has 0 spiro atoms. The monoisotopic (exact) mass is 215 g/mol. The van der Waals surface area contributed by atoms with Crippen LogP contribution in [0.4, 0.5) is 0 Å². The molecule has 1 fully saturated rings. The molecule has 15 heavy (non-hydrogen) atoms. The Bertz CT molecular complexity index is 222. The summed E-state index contributed by atoms with van der Waals surface area (Å²) in [4.78, 5) is 13.6. The van der Waals surface area contributed by atoms with Gasteiger partial charge in [0.25, 0.3) is 0 Å². The van der Waals surface area contributed by atoms with Crippen molar-refractivity contribution in [2.24, 2.45) is 0 Å². The Hall–Kier alpha value is -0.610. The molecule has 0 aromatic rings. The molecule has 0 N–H and O–H groups in total. The number of carbonyl (C=O) groups is 1. The number of rotatable bonds is 2. The Morgan fingerprint density at radius 1 is 1.53 bits per heavy atom. The van der Waals surface area contributed by atoms with Crippen LogP contribution in [0.25, 0.3) is 0 Å². The summed E-state index contributed by atoms with van der Waals surface area (Å²) in [6.07, 6.45) is 0. The normalized spacial score (nSPS) is 22.9. The van der Waals surface area contributed by atoms with Crippen LogP contribution < -0.4 is 0 Å². The van der Waals surface area contributed by atoms with E-state index in [1.54, 1.807) is 0 Å². The van der Waals surface area contributed by atoms with Crippen LogP contribution in [-0.2, 0) is 14.3 Å². The third-order valence-corrected chi connectivity index (χ3v) is 2.32. The second-order valence-electron chi connectivity index (χ2n) is 4.91. The average Bonchev–Trinajstić information content (AvgIpc) is 2.14. The van der Waals surface area contributed by atoms with Crippen LogP contribution in [0.15, 0.2) is 0 Å². The predicted molar refractivity (Wildman–Crippen MR) is 57.7 cm³/mol. The van der Waals surface area contributed by atoms with Gasteiger partial charge in [0.1, 0.15) is 6.61 Å². The molecule has 1 aliphatic rings. The highest BCUT2D eigenvalue weighted by atomic mass is 16.5. The van der Waals surface area contributed by atoms with Gasteiger partial charge >= 0.3 is 0 Å². The zero-order chi connectivity index (χ0) is 11.5. The van der Waals surface area contributed by atoms with Gasteiger partial charge in [0.05, 0.1) is 24.9 Å². The lowest BCUT2D eigenvalue weighted by molar-refractivity contribution is -0.148. The maximum atomic E-state index is 11.8. The van der Waals surface area contributed by atoms with E-state index >= 15 is 0 Å². The highest BCUT2D eigenvalue weighted by molar-refractivity contribution is 5.77. The molecular formula is C11H21NO3. The van der Waals surface area contributed by atoms with E-state index in [2.05, 4.69) is 0 Å². The van der Waals surface area contributed by atoms with Crippen molar-refractivity contribution in [3.8, 4) is 0 Å². The summed E-state index contributed by atoms with van der Waals surface area (Å²) >= 11 is 0. The number of hydrogen-bond donors (Lipinski definition) is 0. The van der Waals surface area contributed by atoms with E-state index in [0.717, 1.165) is 0 Å². The summed E-state index contributed by atoms with van der Waals surface area (Å²) in [7, 11) is 0. The maximum Gasteiger partial charge on any atom is 0.248 e. The molecule has 1 rings (SSSR count). The standard InChI is InChI=1S/C11H21NO3/c1-9-7-14-6-5-12(9)10(13)8-15-11(2,3)4/h9H,5-8H2,1-4H3. The Kier molecular flexibility index (Phi) is 4.11. The summed E-state index contributed by atoms with van der Waals surface area (Å²) in [5, 5.41) is 0. The largest absolute Gasteiger partial charge is 0.377 e. The number of carbonyl (C=O) groups excluding carboxylic acids is 1. The van der Waals surface area contributed by atoms with Gasteiger partial charge in [0.2, 0.25) is 5.91 Å². The molecule has 1 unspecified atom stereocenters. The number of ether oxygens (including phenoxy) is 2. The second kappa shape index (κ2) is 4.94. The SMILES string of the molecule is CC1COCCN1C(=O)COC(C)(C)C. The van der Waals surface area contributed by atoms with Crippen LogP contribution in [0.3, 0.4) is 0 Å². The van der Waals surface area contributed by atoms with E-state index in [9.17, 15) is 4.79 Å². The van der Waals surface area contributed by atoms with Crippen LogP contribution in [0.2, 0.25) is 0 Å². The van der Waals surface area contributed by atoms with Gasteiger partial charge in [0, 0.05) is 6.54 Å². The molecule has 0 saturated carbocycles. The summed E-state index contributed by atoms with van der Waals surface area (Å²) in [5.41, 5.74) is -0.259. The first-order valence-electron chi connectivity index (χ1n) is 5.41. The smallest absolute Gasteiger partial charge is 0.248 e. The third-order valence-electron chi connectivity index (χ3n) is 2.32. The van der Waals surface area contributed by atoms with E-state index in [4.69, 9.17) is 9.47 Å². The molecule has 1 amide bonds. The van der Waals surface area contributed by atoms with Crippen molar-refractivity contribution >= 4 is 5.91 Å². The molecule has 0 bridgehead atoms. The lowest BCUT2D eigenvalue weighted by atomic mass is 10.2. The van der Waals surface area contributed by atoms with E-state index < -0.39 is 0 Å². The van der Waals surface area contributed by atoms with E-state index in [-0.39, 0.29) is 24.2 Å². The molecular weight excluding hydrogens is 194 g/mol. The Morgan fingerprint density at radius 3 is 2.73 bits per heavy atom. The van der Waals surface area contributed by atoms with Gasteiger partial charge in [-0.2, -0.15) is 0 Å². The first kappa shape index (κ1) is 12.5. The van der Waals surface area contributed by atoms with Crippen molar-refractivity contribution in [3.63, 3.8) is 0 Å². The number of nitrogens with zero attached hydrogens (tertiary/aromatic N) is 1. The van der Waals surface area contributed by atoms with Crippen LogP contribution in [0.1, 0.15) is 27.7 Å².